The highest BCUT2D eigenvalue weighted by Gasteiger charge is 2.31. The van der Waals surface area contributed by atoms with Crippen LogP contribution in [0, 0.1) is 5.92 Å². The minimum Gasteiger partial charge on any atom is -0.309 e. The highest BCUT2D eigenvalue weighted by atomic mass is 15.2. The van der Waals surface area contributed by atoms with Gasteiger partial charge in [-0.1, -0.05) is 24.3 Å². The number of benzene rings is 1. The minimum absolute atomic E-state index is 0.515. The van der Waals surface area contributed by atoms with Gasteiger partial charge in [0.05, 0.1) is 0 Å². The molecule has 1 aromatic carbocycles. The number of nitrogens with zero attached hydrogens (tertiary/aromatic N) is 1. The molecule has 3 rings (SSSR count). The molecule has 0 spiro atoms. The third-order valence-corrected chi connectivity index (χ3v) is 4.69. The monoisotopic (exact) mass is 244 g/mol. The Hall–Kier alpha value is -0.860. The molecule has 0 radical (unpaired) electrons. The second-order valence-corrected chi connectivity index (χ2v) is 5.97. The van der Waals surface area contributed by atoms with Gasteiger partial charge in [-0.05, 0) is 56.8 Å². The summed E-state index contributed by atoms with van der Waals surface area (Å²) < 4.78 is 0. The third kappa shape index (κ3) is 2.45. The Labute approximate surface area is 110 Å². The van der Waals surface area contributed by atoms with E-state index < -0.39 is 0 Å². The molecule has 0 amide bonds. The van der Waals surface area contributed by atoms with Crippen molar-refractivity contribution < 1.29 is 0 Å². The molecular formula is C16H24N2. The van der Waals surface area contributed by atoms with Crippen LogP contribution in [0.5, 0.6) is 0 Å². The van der Waals surface area contributed by atoms with Crippen molar-refractivity contribution in [3.8, 4) is 0 Å². The van der Waals surface area contributed by atoms with Gasteiger partial charge in [0.25, 0.3) is 0 Å². The van der Waals surface area contributed by atoms with E-state index in [1.165, 1.54) is 30.4 Å². The fourth-order valence-electron chi connectivity index (χ4n) is 3.15. The van der Waals surface area contributed by atoms with Crippen LogP contribution in [0.3, 0.4) is 0 Å². The van der Waals surface area contributed by atoms with Crippen LogP contribution in [0.1, 0.15) is 36.9 Å². The van der Waals surface area contributed by atoms with Gasteiger partial charge in [-0.15, -0.1) is 0 Å². The zero-order valence-electron chi connectivity index (χ0n) is 11.5. The summed E-state index contributed by atoms with van der Waals surface area (Å²) in [6.45, 7) is 4.63. The number of nitrogens with one attached hydrogen (secondary N) is 1. The molecule has 1 aromatic rings. The molecule has 1 heterocycles. The van der Waals surface area contributed by atoms with Gasteiger partial charge in [-0.2, -0.15) is 0 Å². The average molecular weight is 244 g/mol. The fourth-order valence-corrected chi connectivity index (χ4v) is 3.15. The van der Waals surface area contributed by atoms with Crippen molar-refractivity contribution in [1.82, 2.24) is 10.2 Å². The van der Waals surface area contributed by atoms with Crippen LogP contribution in [-0.2, 0) is 6.42 Å². The molecule has 1 saturated carbocycles. The Morgan fingerprint density at radius 1 is 1.33 bits per heavy atom. The molecule has 0 aromatic heterocycles. The van der Waals surface area contributed by atoms with Gasteiger partial charge in [0.15, 0.2) is 0 Å². The normalized spacial score (nSPS) is 24.9. The maximum atomic E-state index is 3.68. The largest absolute Gasteiger partial charge is 0.309 e. The molecular weight excluding hydrogens is 220 g/mol. The van der Waals surface area contributed by atoms with Crippen LogP contribution in [0.15, 0.2) is 24.3 Å². The van der Waals surface area contributed by atoms with Crippen LogP contribution in [0.2, 0.25) is 0 Å². The molecule has 1 aliphatic carbocycles. The van der Waals surface area contributed by atoms with E-state index >= 15 is 0 Å². The summed E-state index contributed by atoms with van der Waals surface area (Å²) >= 11 is 0. The van der Waals surface area contributed by atoms with E-state index in [0.29, 0.717) is 6.04 Å². The Balaban J connectivity index is 1.69. The van der Waals surface area contributed by atoms with Crippen LogP contribution in [-0.4, -0.2) is 31.1 Å². The van der Waals surface area contributed by atoms with Crippen molar-refractivity contribution in [2.24, 2.45) is 5.92 Å². The van der Waals surface area contributed by atoms with E-state index in [4.69, 9.17) is 0 Å². The first kappa shape index (κ1) is 12.2. The van der Waals surface area contributed by atoms with Gasteiger partial charge in [0, 0.05) is 18.6 Å². The standard InChI is InChI=1S/C16H24N2/c1-12(13-7-8-13)18(2)11-16-15-6-4-3-5-14(15)9-10-17-16/h3-6,12-13,16-17H,7-11H2,1-2H3. The molecule has 2 atom stereocenters. The highest BCUT2D eigenvalue weighted by molar-refractivity contribution is 5.32. The first-order valence-corrected chi connectivity index (χ1v) is 7.27. The van der Waals surface area contributed by atoms with E-state index in [-0.39, 0.29) is 0 Å². The van der Waals surface area contributed by atoms with Crippen molar-refractivity contribution in [2.75, 3.05) is 20.1 Å². The quantitative estimate of drug-likeness (QED) is 0.876. The maximum Gasteiger partial charge on any atom is 0.0452 e. The summed E-state index contributed by atoms with van der Waals surface area (Å²) in [6.07, 6.45) is 4.04. The Morgan fingerprint density at radius 3 is 2.89 bits per heavy atom. The van der Waals surface area contributed by atoms with E-state index in [1.54, 1.807) is 0 Å². The lowest BCUT2D eigenvalue weighted by Crippen LogP contribution is -2.41. The predicted octanol–water partition coefficient (Wildman–Crippen LogP) is 2.60. The number of hydrogen-bond acceptors (Lipinski definition) is 2. The van der Waals surface area contributed by atoms with Crippen molar-refractivity contribution in [3.63, 3.8) is 0 Å². The lowest BCUT2D eigenvalue weighted by atomic mass is 9.94. The Bertz CT molecular complexity index is 411. The van der Waals surface area contributed by atoms with Gasteiger partial charge < -0.3 is 10.2 Å². The highest BCUT2D eigenvalue weighted by Crippen LogP contribution is 2.35. The Morgan fingerprint density at radius 2 is 2.11 bits per heavy atom. The predicted molar refractivity (Wildman–Crippen MR) is 75.7 cm³/mol. The topological polar surface area (TPSA) is 15.3 Å². The maximum absolute atomic E-state index is 3.68. The van der Waals surface area contributed by atoms with E-state index in [9.17, 15) is 0 Å². The summed E-state index contributed by atoms with van der Waals surface area (Å²) in [4.78, 5) is 2.54. The lowest BCUT2D eigenvalue weighted by Gasteiger charge is -2.33. The summed E-state index contributed by atoms with van der Waals surface area (Å²) in [5.74, 6) is 0.953. The molecule has 2 heteroatoms. The van der Waals surface area contributed by atoms with Crippen LogP contribution in [0.4, 0.5) is 0 Å². The van der Waals surface area contributed by atoms with E-state index in [2.05, 4.69) is 48.5 Å². The van der Waals surface area contributed by atoms with Crippen LogP contribution in [0.25, 0.3) is 0 Å². The van der Waals surface area contributed by atoms with Crippen molar-refractivity contribution in [1.29, 1.82) is 0 Å². The zero-order valence-corrected chi connectivity index (χ0v) is 11.5. The number of rotatable bonds is 4. The summed E-state index contributed by atoms with van der Waals surface area (Å²) in [6, 6.07) is 10.2. The molecule has 18 heavy (non-hydrogen) atoms. The first-order valence-electron chi connectivity index (χ1n) is 7.27. The smallest absolute Gasteiger partial charge is 0.0452 e. The molecule has 2 aliphatic rings. The van der Waals surface area contributed by atoms with Gasteiger partial charge in [-0.3, -0.25) is 0 Å². The molecule has 1 N–H and O–H groups in total. The van der Waals surface area contributed by atoms with Crippen LogP contribution >= 0.6 is 0 Å². The number of hydrogen-bond donors (Lipinski definition) is 1. The zero-order chi connectivity index (χ0) is 12.5. The van der Waals surface area contributed by atoms with Gasteiger partial charge in [-0.25, -0.2) is 0 Å². The second kappa shape index (κ2) is 5.02. The molecule has 0 bridgehead atoms. The number of likely N-dealkylation sites (N-methyl/N-ethyl adjacent to an activating group) is 1. The van der Waals surface area contributed by atoms with Gasteiger partial charge in [0.1, 0.15) is 0 Å². The van der Waals surface area contributed by atoms with Crippen molar-refractivity contribution in [2.45, 2.75) is 38.3 Å². The molecule has 1 fully saturated rings. The molecule has 0 saturated heterocycles. The SMILES string of the molecule is CC(C1CC1)N(C)CC1NCCc2ccccc21. The fraction of sp³-hybridized carbons (Fsp3) is 0.625. The van der Waals surface area contributed by atoms with Crippen molar-refractivity contribution >= 4 is 0 Å². The molecule has 2 nitrogen and oxygen atoms in total. The average Bonchev–Trinajstić information content (AvgIpc) is 3.22. The summed E-state index contributed by atoms with van der Waals surface area (Å²) in [7, 11) is 2.28. The summed E-state index contributed by atoms with van der Waals surface area (Å²) in [5, 5.41) is 3.68. The minimum atomic E-state index is 0.515. The van der Waals surface area contributed by atoms with Crippen LogP contribution < -0.4 is 5.32 Å². The Kier molecular flexibility index (Phi) is 3.40. The van der Waals surface area contributed by atoms with Gasteiger partial charge >= 0.3 is 0 Å². The molecule has 98 valence electrons. The van der Waals surface area contributed by atoms with E-state index in [0.717, 1.165) is 25.0 Å². The number of fused-ring (bicyclic) bond motifs is 1. The third-order valence-electron chi connectivity index (χ3n) is 4.69. The van der Waals surface area contributed by atoms with E-state index in [1.807, 2.05) is 0 Å². The second-order valence-electron chi connectivity index (χ2n) is 5.97. The summed E-state index contributed by atoms with van der Waals surface area (Å²) in [5.41, 5.74) is 3.05. The molecule has 2 unspecified atom stereocenters. The molecule has 1 aliphatic heterocycles. The van der Waals surface area contributed by atoms with Crippen molar-refractivity contribution in [3.05, 3.63) is 35.4 Å². The lowest BCUT2D eigenvalue weighted by molar-refractivity contribution is 0.207. The first-order chi connectivity index (χ1) is 8.75. The van der Waals surface area contributed by atoms with Gasteiger partial charge in [0.2, 0.25) is 0 Å².